The van der Waals surface area contributed by atoms with Crippen LogP contribution in [0.2, 0.25) is 0 Å². The molecular formula is C17H21N3. The van der Waals surface area contributed by atoms with Crippen LogP contribution in [0.1, 0.15) is 43.8 Å². The first kappa shape index (κ1) is 13.3. The summed E-state index contributed by atoms with van der Waals surface area (Å²) in [6, 6.07) is 13.1. The van der Waals surface area contributed by atoms with Crippen molar-refractivity contribution >= 4 is 0 Å². The first-order valence-corrected chi connectivity index (χ1v) is 7.27. The molecule has 1 N–H and O–H groups in total. The van der Waals surface area contributed by atoms with Gasteiger partial charge in [-0.3, -0.25) is 0 Å². The molecule has 0 aliphatic heterocycles. The minimum absolute atomic E-state index is 0.170. The first-order chi connectivity index (χ1) is 9.66. The van der Waals surface area contributed by atoms with Crippen molar-refractivity contribution in [3.8, 4) is 0 Å². The molecule has 1 aromatic carbocycles. The van der Waals surface area contributed by atoms with Crippen LogP contribution in [0, 0.1) is 0 Å². The minimum atomic E-state index is -0.170. The first-order valence-electron chi connectivity index (χ1n) is 7.27. The lowest BCUT2D eigenvalue weighted by molar-refractivity contribution is 0.577. The van der Waals surface area contributed by atoms with E-state index in [4.69, 9.17) is 4.98 Å². The van der Waals surface area contributed by atoms with Crippen LogP contribution in [0.5, 0.6) is 0 Å². The van der Waals surface area contributed by atoms with Gasteiger partial charge in [-0.1, -0.05) is 30.3 Å². The van der Waals surface area contributed by atoms with Crippen molar-refractivity contribution in [2.75, 3.05) is 0 Å². The van der Waals surface area contributed by atoms with Crippen LogP contribution < -0.4 is 5.32 Å². The standard InChI is InChI=1S/C17H21N3/c1-17(2,13-6-4-3-5-7-13)16-18-11-10-15(20-16)12-19-14-8-9-14/h3-7,10-11,14,19H,8-9,12H2,1-2H3. The summed E-state index contributed by atoms with van der Waals surface area (Å²) in [6.07, 6.45) is 4.47. The Kier molecular flexibility index (Phi) is 3.53. The Morgan fingerprint density at radius 1 is 1.15 bits per heavy atom. The van der Waals surface area contributed by atoms with Crippen LogP contribution in [-0.4, -0.2) is 16.0 Å². The molecule has 0 unspecified atom stereocenters. The lowest BCUT2D eigenvalue weighted by Gasteiger charge is -2.24. The molecule has 1 fully saturated rings. The zero-order valence-corrected chi connectivity index (χ0v) is 12.1. The molecule has 1 aromatic heterocycles. The topological polar surface area (TPSA) is 37.8 Å². The van der Waals surface area contributed by atoms with Gasteiger partial charge in [-0.05, 0) is 38.3 Å². The van der Waals surface area contributed by atoms with E-state index >= 15 is 0 Å². The fourth-order valence-electron chi connectivity index (χ4n) is 2.32. The van der Waals surface area contributed by atoms with E-state index in [1.54, 1.807) is 0 Å². The number of rotatable bonds is 5. The van der Waals surface area contributed by atoms with E-state index in [9.17, 15) is 0 Å². The molecule has 0 saturated heterocycles. The van der Waals surface area contributed by atoms with Crippen LogP contribution >= 0.6 is 0 Å². The molecule has 0 atom stereocenters. The number of hydrogen-bond acceptors (Lipinski definition) is 3. The molecule has 3 heteroatoms. The molecule has 1 heterocycles. The molecule has 3 rings (SSSR count). The van der Waals surface area contributed by atoms with Crippen LogP contribution in [0.25, 0.3) is 0 Å². The third kappa shape index (κ3) is 2.88. The van der Waals surface area contributed by atoms with Crippen molar-refractivity contribution in [3.05, 3.63) is 59.7 Å². The second-order valence-electron chi connectivity index (χ2n) is 6.02. The van der Waals surface area contributed by atoms with Crippen molar-refractivity contribution in [2.24, 2.45) is 0 Å². The number of benzene rings is 1. The highest BCUT2D eigenvalue weighted by molar-refractivity contribution is 5.30. The predicted molar refractivity (Wildman–Crippen MR) is 80.5 cm³/mol. The van der Waals surface area contributed by atoms with E-state index in [2.05, 4.69) is 48.4 Å². The summed E-state index contributed by atoms with van der Waals surface area (Å²) in [6.45, 7) is 5.19. The van der Waals surface area contributed by atoms with Crippen molar-refractivity contribution in [1.29, 1.82) is 0 Å². The molecule has 1 aliphatic carbocycles. The summed E-state index contributed by atoms with van der Waals surface area (Å²) in [4.78, 5) is 9.24. The van der Waals surface area contributed by atoms with Gasteiger partial charge in [0, 0.05) is 24.2 Å². The number of nitrogens with zero attached hydrogens (tertiary/aromatic N) is 2. The van der Waals surface area contributed by atoms with Crippen LogP contribution in [-0.2, 0) is 12.0 Å². The predicted octanol–water partition coefficient (Wildman–Crippen LogP) is 3.05. The van der Waals surface area contributed by atoms with Gasteiger partial charge in [-0.15, -0.1) is 0 Å². The average molecular weight is 267 g/mol. The van der Waals surface area contributed by atoms with Gasteiger partial charge in [0.2, 0.25) is 0 Å². The van der Waals surface area contributed by atoms with Gasteiger partial charge < -0.3 is 5.32 Å². The monoisotopic (exact) mass is 267 g/mol. The molecule has 1 aliphatic rings. The van der Waals surface area contributed by atoms with Gasteiger partial charge in [0.25, 0.3) is 0 Å². The van der Waals surface area contributed by atoms with Crippen LogP contribution in [0.15, 0.2) is 42.6 Å². The molecule has 0 bridgehead atoms. The fraction of sp³-hybridized carbons (Fsp3) is 0.412. The molecule has 20 heavy (non-hydrogen) atoms. The Morgan fingerprint density at radius 3 is 2.60 bits per heavy atom. The van der Waals surface area contributed by atoms with Gasteiger partial charge in [0.1, 0.15) is 5.82 Å². The largest absolute Gasteiger partial charge is 0.308 e. The second-order valence-corrected chi connectivity index (χ2v) is 6.02. The third-order valence-electron chi connectivity index (χ3n) is 3.92. The molecule has 0 radical (unpaired) electrons. The Morgan fingerprint density at radius 2 is 1.90 bits per heavy atom. The number of nitrogens with one attached hydrogen (secondary N) is 1. The quantitative estimate of drug-likeness (QED) is 0.904. The smallest absolute Gasteiger partial charge is 0.138 e. The van der Waals surface area contributed by atoms with Crippen LogP contribution in [0.3, 0.4) is 0 Å². The lowest BCUT2D eigenvalue weighted by Crippen LogP contribution is -2.24. The second kappa shape index (κ2) is 5.33. The highest BCUT2D eigenvalue weighted by Gasteiger charge is 2.26. The zero-order valence-electron chi connectivity index (χ0n) is 12.1. The van der Waals surface area contributed by atoms with E-state index in [1.807, 2.05) is 18.3 Å². The van der Waals surface area contributed by atoms with Crippen molar-refractivity contribution in [2.45, 2.75) is 44.7 Å². The molecule has 0 spiro atoms. The van der Waals surface area contributed by atoms with E-state index in [0.717, 1.165) is 18.1 Å². The molecule has 104 valence electrons. The lowest BCUT2D eigenvalue weighted by atomic mass is 9.84. The van der Waals surface area contributed by atoms with E-state index in [-0.39, 0.29) is 5.41 Å². The average Bonchev–Trinajstić information content (AvgIpc) is 3.31. The van der Waals surface area contributed by atoms with E-state index in [1.165, 1.54) is 18.4 Å². The van der Waals surface area contributed by atoms with Gasteiger partial charge in [-0.25, -0.2) is 9.97 Å². The molecule has 1 saturated carbocycles. The molecule has 0 amide bonds. The Labute approximate surface area is 120 Å². The van der Waals surface area contributed by atoms with Gasteiger partial charge in [0.15, 0.2) is 0 Å². The summed E-state index contributed by atoms with van der Waals surface area (Å²) >= 11 is 0. The molecular weight excluding hydrogens is 246 g/mol. The fourth-order valence-corrected chi connectivity index (χ4v) is 2.32. The Balaban J connectivity index is 1.83. The van der Waals surface area contributed by atoms with Crippen molar-refractivity contribution < 1.29 is 0 Å². The summed E-state index contributed by atoms with van der Waals surface area (Å²) in [7, 11) is 0. The van der Waals surface area contributed by atoms with Gasteiger partial charge in [-0.2, -0.15) is 0 Å². The van der Waals surface area contributed by atoms with Crippen LogP contribution in [0.4, 0.5) is 0 Å². The molecule has 3 nitrogen and oxygen atoms in total. The normalized spacial score (nSPS) is 15.3. The van der Waals surface area contributed by atoms with Crippen molar-refractivity contribution in [1.82, 2.24) is 15.3 Å². The highest BCUT2D eigenvalue weighted by atomic mass is 15.0. The van der Waals surface area contributed by atoms with E-state index in [0.29, 0.717) is 6.04 Å². The van der Waals surface area contributed by atoms with E-state index < -0.39 is 0 Å². The maximum atomic E-state index is 4.75. The summed E-state index contributed by atoms with van der Waals surface area (Å²) in [5.41, 5.74) is 2.15. The summed E-state index contributed by atoms with van der Waals surface area (Å²) in [5.74, 6) is 0.888. The van der Waals surface area contributed by atoms with Gasteiger partial charge >= 0.3 is 0 Å². The summed E-state index contributed by atoms with van der Waals surface area (Å²) in [5, 5.41) is 3.50. The zero-order chi connectivity index (χ0) is 14.0. The maximum absolute atomic E-state index is 4.75. The Bertz CT molecular complexity index is 574. The number of aromatic nitrogens is 2. The van der Waals surface area contributed by atoms with Gasteiger partial charge in [0.05, 0.1) is 5.69 Å². The third-order valence-corrected chi connectivity index (χ3v) is 3.92. The molecule has 2 aromatic rings. The van der Waals surface area contributed by atoms with Crippen molar-refractivity contribution in [3.63, 3.8) is 0 Å². The highest BCUT2D eigenvalue weighted by Crippen LogP contribution is 2.28. The Hall–Kier alpha value is -1.74. The maximum Gasteiger partial charge on any atom is 0.138 e. The summed E-state index contributed by atoms with van der Waals surface area (Å²) < 4.78 is 0. The number of hydrogen-bond donors (Lipinski definition) is 1. The SMILES string of the molecule is CC(C)(c1ccccc1)c1nccc(CNC2CC2)n1. The minimum Gasteiger partial charge on any atom is -0.308 e.